The van der Waals surface area contributed by atoms with Gasteiger partial charge in [-0.1, -0.05) is 12.1 Å². The average molecular weight is 308 g/mol. The predicted octanol–water partition coefficient (Wildman–Crippen LogP) is 2.90. The van der Waals surface area contributed by atoms with Crippen LogP contribution in [0.25, 0.3) is 11.1 Å². The first-order chi connectivity index (χ1) is 9.70. The fourth-order valence-corrected chi connectivity index (χ4v) is 2.66. The van der Waals surface area contributed by atoms with Gasteiger partial charge in [0.25, 0.3) is 0 Å². The van der Waals surface area contributed by atoms with Crippen molar-refractivity contribution in [1.82, 2.24) is 0 Å². The highest BCUT2D eigenvalue weighted by molar-refractivity contribution is 7.90. The van der Waals surface area contributed by atoms with Crippen molar-refractivity contribution in [3.63, 3.8) is 0 Å². The molecule has 0 saturated heterocycles. The second kappa shape index (κ2) is 5.29. The Morgan fingerprint density at radius 1 is 1.14 bits per heavy atom. The van der Waals surface area contributed by atoms with E-state index in [-0.39, 0.29) is 4.90 Å². The van der Waals surface area contributed by atoms with Crippen LogP contribution < -0.4 is 0 Å². The molecule has 0 fully saturated rings. The number of halogens is 1. The maximum atomic E-state index is 13.6. The van der Waals surface area contributed by atoms with Crippen molar-refractivity contribution >= 4 is 15.8 Å². The van der Waals surface area contributed by atoms with Crippen molar-refractivity contribution in [2.24, 2.45) is 0 Å². The van der Waals surface area contributed by atoms with Gasteiger partial charge < -0.3 is 5.11 Å². The van der Waals surface area contributed by atoms with Gasteiger partial charge in [-0.2, -0.15) is 0 Å². The number of rotatable bonds is 3. The van der Waals surface area contributed by atoms with Crippen LogP contribution in [0.4, 0.5) is 4.39 Å². The number of aromatic carboxylic acids is 1. The van der Waals surface area contributed by atoms with E-state index >= 15 is 0 Å². The molecule has 110 valence electrons. The van der Waals surface area contributed by atoms with Crippen LogP contribution in [0.1, 0.15) is 15.9 Å². The Hall–Kier alpha value is -2.21. The van der Waals surface area contributed by atoms with Crippen LogP contribution in [0.3, 0.4) is 0 Å². The monoisotopic (exact) mass is 308 g/mol. The molecule has 0 aliphatic carbocycles. The minimum Gasteiger partial charge on any atom is -0.478 e. The number of hydrogen-bond donors (Lipinski definition) is 1. The van der Waals surface area contributed by atoms with Gasteiger partial charge in [0.1, 0.15) is 5.82 Å². The molecular weight excluding hydrogens is 295 g/mol. The van der Waals surface area contributed by atoms with Gasteiger partial charge in [-0.05, 0) is 47.9 Å². The van der Waals surface area contributed by atoms with Crippen molar-refractivity contribution in [3.05, 3.63) is 53.3 Å². The van der Waals surface area contributed by atoms with E-state index in [1.165, 1.54) is 18.2 Å². The summed E-state index contributed by atoms with van der Waals surface area (Å²) >= 11 is 0. The van der Waals surface area contributed by atoms with E-state index in [9.17, 15) is 17.6 Å². The fourth-order valence-electron chi connectivity index (χ4n) is 2.03. The normalized spacial score (nSPS) is 11.4. The molecule has 21 heavy (non-hydrogen) atoms. The SMILES string of the molecule is Cc1cc(F)c(C(=O)O)cc1-c1ccc(S(C)(=O)=O)cc1. The molecule has 0 radical (unpaired) electrons. The zero-order valence-electron chi connectivity index (χ0n) is 11.4. The second-order valence-electron chi connectivity index (χ2n) is 4.75. The topological polar surface area (TPSA) is 71.4 Å². The van der Waals surface area contributed by atoms with Crippen LogP contribution in [0.2, 0.25) is 0 Å². The van der Waals surface area contributed by atoms with E-state index in [1.54, 1.807) is 19.1 Å². The maximum absolute atomic E-state index is 13.6. The number of aryl methyl sites for hydroxylation is 1. The van der Waals surface area contributed by atoms with Crippen LogP contribution in [0, 0.1) is 12.7 Å². The second-order valence-corrected chi connectivity index (χ2v) is 6.76. The molecule has 0 atom stereocenters. The zero-order valence-corrected chi connectivity index (χ0v) is 12.2. The maximum Gasteiger partial charge on any atom is 0.338 e. The van der Waals surface area contributed by atoms with Crippen molar-refractivity contribution in [2.75, 3.05) is 6.26 Å². The summed E-state index contributed by atoms with van der Waals surface area (Å²) in [5.74, 6) is -2.14. The summed E-state index contributed by atoms with van der Waals surface area (Å²) in [5, 5.41) is 8.96. The van der Waals surface area contributed by atoms with Crippen molar-refractivity contribution < 1.29 is 22.7 Å². The Kier molecular flexibility index (Phi) is 3.82. The summed E-state index contributed by atoms with van der Waals surface area (Å²) in [6.07, 6.45) is 1.10. The highest BCUT2D eigenvalue weighted by atomic mass is 32.2. The molecule has 0 unspecified atom stereocenters. The van der Waals surface area contributed by atoms with E-state index < -0.39 is 27.2 Å². The van der Waals surface area contributed by atoms with Gasteiger partial charge >= 0.3 is 5.97 Å². The van der Waals surface area contributed by atoms with Crippen LogP contribution >= 0.6 is 0 Å². The van der Waals surface area contributed by atoms with Crippen LogP contribution in [-0.4, -0.2) is 25.7 Å². The molecule has 1 N–H and O–H groups in total. The first-order valence-electron chi connectivity index (χ1n) is 6.04. The van der Waals surface area contributed by atoms with Crippen molar-refractivity contribution in [2.45, 2.75) is 11.8 Å². The molecule has 6 heteroatoms. The number of benzene rings is 2. The van der Waals surface area contributed by atoms with Gasteiger partial charge in [0.2, 0.25) is 0 Å². The molecule has 0 spiro atoms. The molecule has 0 bridgehead atoms. The lowest BCUT2D eigenvalue weighted by Crippen LogP contribution is -2.02. The Labute approximate surface area is 121 Å². The number of sulfone groups is 1. The summed E-state index contributed by atoms with van der Waals surface area (Å²) in [4.78, 5) is 11.2. The van der Waals surface area contributed by atoms with Crippen molar-refractivity contribution in [1.29, 1.82) is 0 Å². The Balaban J connectivity index is 2.57. The van der Waals surface area contributed by atoms with E-state index in [0.717, 1.165) is 12.3 Å². The van der Waals surface area contributed by atoms with Gasteiger partial charge in [-0.25, -0.2) is 17.6 Å². The number of carboxylic acids is 1. The molecule has 0 saturated carbocycles. The molecule has 2 aromatic carbocycles. The number of carbonyl (C=O) groups is 1. The van der Waals surface area contributed by atoms with Crippen molar-refractivity contribution in [3.8, 4) is 11.1 Å². The van der Waals surface area contributed by atoms with Gasteiger partial charge in [-0.3, -0.25) is 0 Å². The minimum absolute atomic E-state index is 0.171. The largest absolute Gasteiger partial charge is 0.478 e. The molecule has 0 aromatic heterocycles. The third kappa shape index (κ3) is 3.11. The summed E-state index contributed by atoms with van der Waals surface area (Å²) in [6.45, 7) is 1.66. The van der Waals surface area contributed by atoms with Crippen LogP contribution in [0.5, 0.6) is 0 Å². The molecule has 0 amide bonds. The smallest absolute Gasteiger partial charge is 0.338 e. The number of carboxylic acid groups (broad SMARTS) is 1. The quantitative estimate of drug-likeness (QED) is 0.946. The molecule has 2 aromatic rings. The van der Waals surface area contributed by atoms with E-state index in [1.807, 2.05) is 0 Å². The Morgan fingerprint density at radius 2 is 1.71 bits per heavy atom. The lowest BCUT2D eigenvalue weighted by molar-refractivity contribution is 0.0692. The lowest BCUT2D eigenvalue weighted by Gasteiger charge is -2.09. The predicted molar refractivity (Wildman–Crippen MR) is 76.6 cm³/mol. The fraction of sp³-hybridized carbons (Fsp3) is 0.133. The first kappa shape index (κ1) is 15.2. The summed E-state index contributed by atoms with van der Waals surface area (Å²) in [6, 6.07) is 8.43. The van der Waals surface area contributed by atoms with Gasteiger partial charge in [0, 0.05) is 6.26 Å². The molecule has 0 aliphatic heterocycles. The highest BCUT2D eigenvalue weighted by Gasteiger charge is 2.15. The van der Waals surface area contributed by atoms with Gasteiger partial charge in [0.15, 0.2) is 9.84 Å². The first-order valence-corrected chi connectivity index (χ1v) is 7.93. The van der Waals surface area contributed by atoms with E-state index in [0.29, 0.717) is 16.7 Å². The average Bonchev–Trinajstić information content (AvgIpc) is 2.37. The Bertz CT molecular complexity index is 808. The third-order valence-electron chi connectivity index (χ3n) is 3.14. The van der Waals surface area contributed by atoms with Gasteiger partial charge in [-0.15, -0.1) is 0 Å². The van der Waals surface area contributed by atoms with Crippen LogP contribution in [-0.2, 0) is 9.84 Å². The van der Waals surface area contributed by atoms with Gasteiger partial charge in [0.05, 0.1) is 10.5 Å². The number of hydrogen-bond acceptors (Lipinski definition) is 3. The third-order valence-corrected chi connectivity index (χ3v) is 4.27. The zero-order chi connectivity index (χ0) is 15.8. The van der Waals surface area contributed by atoms with Crippen LogP contribution in [0.15, 0.2) is 41.3 Å². The summed E-state index contributed by atoms with van der Waals surface area (Å²) in [5.41, 5.74) is 1.34. The molecule has 4 nitrogen and oxygen atoms in total. The summed E-state index contributed by atoms with van der Waals surface area (Å²) in [7, 11) is -3.29. The minimum atomic E-state index is -3.29. The molecule has 2 rings (SSSR count). The molecule has 0 aliphatic rings. The lowest BCUT2D eigenvalue weighted by atomic mass is 9.98. The highest BCUT2D eigenvalue weighted by Crippen LogP contribution is 2.27. The summed E-state index contributed by atoms with van der Waals surface area (Å²) < 4.78 is 36.4. The molecule has 0 heterocycles. The molecular formula is C15H13FO4S. The van der Waals surface area contributed by atoms with E-state index in [4.69, 9.17) is 5.11 Å². The van der Waals surface area contributed by atoms with E-state index in [2.05, 4.69) is 0 Å². The standard InChI is InChI=1S/C15H13FO4S/c1-9-7-14(16)13(15(17)18)8-12(9)10-3-5-11(6-4-10)21(2,19)20/h3-8H,1-2H3,(H,17,18). The Morgan fingerprint density at radius 3 is 2.19 bits per heavy atom.